The molecule has 0 heterocycles. The Hall–Kier alpha value is -3.15. The van der Waals surface area contributed by atoms with Gasteiger partial charge in [0.1, 0.15) is 11.4 Å². The molecule has 1 amide bonds. The van der Waals surface area contributed by atoms with E-state index in [4.69, 9.17) is 4.74 Å². The van der Waals surface area contributed by atoms with Crippen molar-refractivity contribution in [2.75, 3.05) is 11.9 Å². The summed E-state index contributed by atoms with van der Waals surface area (Å²) in [4.78, 5) is 22.6. The molecule has 0 aliphatic carbocycles. The predicted octanol–water partition coefficient (Wildman–Crippen LogP) is 4.04. The molecule has 0 radical (unpaired) electrons. The first-order chi connectivity index (χ1) is 11.6. The van der Waals surface area contributed by atoms with E-state index in [0.717, 1.165) is 12.0 Å². The fourth-order valence-corrected chi connectivity index (χ4v) is 1.99. The van der Waals surface area contributed by atoms with Crippen LogP contribution in [0.3, 0.4) is 0 Å². The zero-order valence-electron chi connectivity index (χ0n) is 13.3. The van der Waals surface area contributed by atoms with Gasteiger partial charge >= 0.3 is 0 Å². The summed E-state index contributed by atoms with van der Waals surface area (Å²) in [5, 5.41) is 13.7. The summed E-state index contributed by atoms with van der Waals surface area (Å²) in [5.74, 6) is -0.0365. The molecule has 0 aliphatic rings. The molecule has 6 heteroatoms. The van der Waals surface area contributed by atoms with Crippen LogP contribution < -0.4 is 10.1 Å². The van der Waals surface area contributed by atoms with Gasteiger partial charge in [0.15, 0.2) is 0 Å². The minimum absolute atomic E-state index is 0.131. The molecule has 2 aromatic rings. The largest absolute Gasteiger partial charge is 0.493 e. The lowest BCUT2D eigenvalue weighted by Crippen LogP contribution is -2.10. The first kappa shape index (κ1) is 17.2. The Morgan fingerprint density at radius 2 is 2.00 bits per heavy atom. The maximum absolute atomic E-state index is 12.0. The van der Waals surface area contributed by atoms with Gasteiger partial charge in [-0.3, -0.25) is 14.9 Å². The van der Waals surface area contributed by atoms with Gasteiger partial charge in [-0.25, -0.2) is 0 Å². The highest BCUT2D eigenvalue weighted by Crippen LogP contribution is 2.29. The molecule has 0 fully saturated rings. The number of nitrogens with one attached hydrogen (secondary N) is 1. The fourth-order valence-electron chi connectivity index (χ4n) is 1.99. The second kappa shape index (κ2) is 8.47. The fraction of sp³-hybridized carbons (Fsp3) is 0.167. The highest BCUT2D eigenvalue weighted by molar-refractivity contribution is 6.03. The Morgan fingerprint density at radius 3 is 2.67 bits per heavy atom. The molecule has 0 unspecified atom stereocenters. The predicted molar refractivity (Wildman–Crippen MR) is 93.0 cm³/mol. The van der Waals surface area contributed by atoms with Crippen molar-refractivity contribution in [2.45, 2.75) is 13.3 Å². The van der Waals surface area contributed by atoms with Crippen LogP contribution in [0.15, 0.2) is 54.6 Å². The van der Waals surface area contributed by atoms with E-state index in [1.165, 1.54) is 18.2 Å². The smallest absolute Gasteiger partial charge is 0.296 e. The molecule has 0 aliphatic heterocycles. The van der Waals surface area contributed by atoms with Crippen LogP contribution in [0.5, 0.6) is 5.75 Å². The molecule has 6 nitrogen and oxygen atoms in total. The Bertz CT molecular complexity index is 742. The number of ether oxygens (including phenoxy) is 1. The zero-order chi connectivity index (χ0) is 17.4. The van der Waals surface area contributed by atoms with Gasteiger partial charge in [-0.2, -0.15) is 0 Å². The quantitative estimate of drug-likeness (QED) is 0.473. The molecule has 0 atom stereocenters. The van der Waals surface area contributed by atoms with Gasteiger partial charge in [-0.15, -0.1) is 0 Å². The number of nitro groups is 1. The highest BCUT2D eigenvalue weighted by atomic mass is 16.6. The summed E-state index contributed by atoms with van der Waals surface area (Å²) >= 11 is 0. The van der Waals surface area contributed by atoms with Crippen molar-refractivity contribution in [2.24, 2.45) is 0 Å². The lowest BCUT2D eigenvalue weighted by molar-refractivity contribution is -0.384. The third kappa shape index (κ3) is 4.95. The van der Waals surface area contributed by atoms with Gasteiger partial charge in [0.25, 0.3) is 5.69 Å². The van der Waals surface area contributed by atoms with Crippen molar-refractivity contribution in [3.63, 3.8) is 0 Å². The molecular weight excluding hydrogens is 308 g/mol. The molecule has 2 rings (SSSR count). The minimum Gasteiger partial charge on any atom is -0.493 e. The van der Waals surface area contributed by atoms with Crippen molar-refractivity contribution < 1.29 is 14.5 Å². The van der Waals surface area contributed by atoms with E-state index in [9.17, 15) is 14.9 Å². The Labute approximate surface area is 139 Å². The maximum Gasteiger partial charge on any atom is 0.296 e. The first-order valence-corrected chi connectivity index (χ1v) is 7.55. The van der Waals surface area contributed by atoms with Gasteiger partial charge in [0.05, 0.1) is 17.6 Å². The van der Waals surface area contributed by atoms with Crippen LogP contribution in [-0.4, -0.2) is 17.4 Å². The van der Waals surface area contributed by atoms with Gasteiger partial charge in [-0.1, -0.05) is 37.3 Å². The monoisotopic (exact) mass is 326 g/mol. The minimum atomic E-state index is -0.546. The van der Waals surface area contributed by atoms with E-state index >= 15 is 0 Å². The Morgan fingerprint density at radius 1 is 1.25 bits per heavy atom. The van der Waals surface area contributed by atoms with Crippen molar-refractivity contribution in [3.8, 4) is 5.75 Å². The summed E-state index contributed by atoms with van der Waals surface area (Å²) in [6, 6.07) is 13.7. The molecule has 24 heavy (non-hydrogen) atoms. The summed E-state index contributed by atoms with van der Waals surface area (Å²) in [7, 11) is 0. The second-order valence-corrected chi connectivity index (χ2v) is 5.02. The van der Waals surface area contributed by atoms with Crippen LogP contribution in [-0.2, 0) is 4.79 Å². The molecule has 1 N–H and O–H groups in total. The molecule has 124 valence electrons. The lowest BCUT2D eigenvalue weighted by Gasteiger charge is -2.07. The zero-order valence-corrected chi connectivity index (χ0v) is 13.3. The lowest BCUT2D eigenvalue weighted by atomic mass is 10.2. The molecule has 0 saturated carbocycles. The van der Waals surface area contributed by atoms with Crippen molar-refractivity contribution >= 4 is 23.4 Å². The van der Waals surface area contributed by atoms with Gasteiger partial charge in [0.2, 0.25) is 5.91 Å². The van der Waals surface area contributed by atoms with Gasteiger partial charge < -0.3 is 10.1 Å². The van der Waals surface area contributed by atoms with Gasteiger partial charge in [0, 0.05) is 6.08 Å². The molecule has 0 spiro atoms. The number of benzene rings is 2. The van der Waals surface area contributed by atoms with Gasteiger partial charge in [-0.05, 0) is 30.2 Å². The van der Waals surface area contributed by atoms with Crippen LogP contribution in [0.1, 0.15) is 18.9 Å². The van der Waals surface area contributed by atoms with E-state index in [2.05, 4.69) is 5.32 Å². The third-order valence-corrected chi connectivity index (χ3v) is 3.12. The highest BCUT2D eigenvalue weighted by Gasteiger charge is 2.16. The number of carbonyl (C=O) groups excluding carboxylic acids is 1. The number of anilines is 1. The second-order valence-electron chi connectivity index (χ2n) is 5.02. The normalized spacial score (nSPS) is 10.5. The number of amides is 1. The molecule has 0 saturated heterocycles. The Kier molecular flexibility index (Phi) is 6.08. The van der Waals surface area contributed by atoms with Crippen molar-refractivity contribution in [1.29, 1.82) is 0 Å². The number of hydrogen-bond donors (Lipinski definition) is 1. The topological polar surface area (TPSA) is 81.5 Å². The maximum atomic E-state index is 12.0. The molecule has 2 aromatic carbocycles. The number of nitro benzene ring substituents is 1. The van der Waals surface area contributed by atoms with E-state index in [-0.39, 0.29) is 11.4 Å². The van der Waals surface area contributed by atoms with Crippen LogP contribution in [0.2, 0.25) is 0 Å². The summed E-state index contributed by atoms with van der Waals surface area (Å²) < 4.78 is 5.38. The molecular formula is C18H18N2O4. The van der Waals surface area contributed by atoms with Crippen molar-refractivity contribution in [1.82, 2.24) is 0 Å². The average molecular weight is 326 g/mol. The van der Waals surface area contributed by atoms with Crippen molar-refractivity contribution in [3.05, 3.63) is 70.3 Å². The number of carbonyl (C=O) groups is 1. The van der Waals surface area contributed by atoms with Crippen LogP contribution >= 0.6 is 0 Å². The summed E-state index contributed by atoms with van der Waals surface area (Å²) in [6.45, 7) is 2.42. The van der Waals surface area contributed by atoms with Crippen LogP contribution in [0, 0.1) is 10.1 Å². The molecule has 0 bridgehead atoms. The van der Waals surface area contributed by atoms with E-state index in [1.54, 1.807) is 12.1 Å². The number of nitrogens with zero attached hydrogens (tertiary/aromatic N) is 1. The Balaban J connectivity index is 2.11. The van der Waals surface area contributed by atoms with E-state index < -0.39 is 10.8 Å². The van der Waals surface area contributed by atoms with Crippen LogP contribution in [0.4, 0.5) is 11.4 Å². The average Bonchev–Trinajstić information content (AvgIpc) is 2.59. The molecule has 0 aromatic heterocycles. The van der Waals surface area contributed by atoms with E-state index in [1.807, 2.05) is 37.3 Å². The summed E-state index contributed by atoms with van der Waals surface area (Å²) in [6.07, 6.45) is 3.77. The SMILES string of the molecule is CCCOc1ccc(NC(=O)/C=C/c2ccccc2)c([N+](=O)[O-])c1. The van der Waals surface area contributed by atoms with E-state index in [0.29, 0.717) is 12.4 Å². The number of hydrogen-bond acceptors (Lipinski definition) is 4. The summed E-state index contributed by atoms with van der Waals surface area (Å²) in [5.41, 5.74) is 0.794. The first-order valence-electron chi connectivity index (χ1n) is 7.55. The van der Waals surface area contributed by atoms with Crippen LogP contribution in [0.25, 0.3) is 6.08 Å². The number of rotatable bonds is 7. The third-order valence-electron chi connectivity index (χ3n) is 3.12. The standard InChI is InChI=1S/C18H18N2O4/c1-2-12-24-15-9-10-16(17(13-15)20(22)23)19-18(21)11-8-14-6-4-3-5-7-14/h3-11,13H,2,12H2,1H3,(H,19,21)/b11-8+.